The van der Waals surface area contributed by atoms with Crippen molar-refractivity contribution in [1.82, 2.24) is 24.1 Å². The van der Waals surface area contributed by atoms with Crippen molar-refractivity contribution in [3.8, 4) is 10.6 Å². The fourth-order valence-electron chi connectivity index (χ4n) is 4.84. The number of hydrogen-bond acceptors (Lipinski definition) is 6. The van der Waals surface area contributed by atoms with Crippen LogP contribution in [0.3, 0.4) is 0 Å². The molecule has 0 bridgehead atoms. The van der Waals surface area contributed by atoms with E-state index in [4.69, 9.17) is 4.98 Å². The zero-order valence-electron chi connectivity index (χ0n) is 18.4. The third-order valence-corrected chi connectivity index (χ3v) is 7.54. The van der Waals surface area contributed by atoms with E-state index in [9.17, 15) is 4.79 Å². The minimum absolute atomic E-state index is 0.0120. The monoisotopic (exact) mass is 456 g/mol. The van der Waals surface area contributed by atoms with Crippen molar-refractivity contribution in [3.63, 3.8) is 0 Å². The molecule has 1 saturated heterocycles. The Morgan fingerprint density at radius 1 is 1.09 bits per heavy atom. The van der Waals surface area contributed by atoms with Crippen LogP contribution in [0.2, 0.25) is 0 Å². The third kappa shape index (κ3) is 3.41. The predicted molar refractivity (Wildman–Crippen MR) is 133 cm³/mol. The van der Waals surface area contributed by atoms with Gasteiger partial charge >= 0.3 is 5.69 Å². The lowest BCUT2D eigenvalue weighted by molar-refractivity contribution is 0.396. The number of imidazole rings is 1. The van der Waals surface area contributed by atoms with Crippen molar-refractivity contribution in [2.75, 3.05) is 18.0 Å². The van der Waals surface area contributed by atoms with Crippen LogP contribution in [0, 0.1) is 0 Å². The molecule has 8 heteroatoms. The van der Waals surface area contributed by atoms with Gasteiger partial charge in [0.25, 0.3) is 0 Å². The number of anilines is 1. The number of piperidine rings is 1. The highest BCUT2D eigenvalue weighted by molar-refractivity contribution is 7.22. The third-order valence-electron chi connectivity index (χ3n) is 6.40. The lowest BCUT2D eigenvalue weighted by Crippen LogP contribution is -2.41. The molecule has 5 heterocycles. The second-order valence-corrected chi connectivity index (χ2v) is 9.46. The van der Waals surface area contributed by atoms with Crippen molar-refractivity contribution < 1.29 is 0 Å². The van der Waals surface area contributed by atoms with E-state index in [-0.39, 0.29) is 11.7 Å². The Morgan fingerprint density at radius 2 is 2.00 bits per heavy atom. The SMILES string of the molecule is CCn1c(=O)n([C@H]2CCCN(c3nccc(-c4cc5ccccc5s4)n3)C2)c2ncccc21. The van der Waals surface area contributed by atoms with E-state index in [2.05, 4.69) is 45.2 Å². The van der Waals surface area contributed by atoms with E-state index in [0.29, 0.717) is 13.1 Å². The van der Waals surface area contributed by atoms with Gasteiger partial charge in [-0.2, -0.15) is 0 Å². The average Bonchev–Trinajstić information content (AvgIpc) is 3.42. The molecule has 33 heavy (non-hydrogen) atoms. The van der Waals surface area contributed by atoms with E-state index in [1.165, 1.54) is 10.1 Å². The normalized spacial score (nSPS) is 16.6. The molecule has 0 amide bonds. The molecule has 0 radical (unpaired) electrons. The second kappa shape index (κ2) is 8.12. The molecule has 166 valence electrons. The zero-order valence-corrected chi connectivity index (χ0v) is 19.2. The van der Waals surface area contributed by atoms with Crippen LogP contribution in [-0.4, -0.2) is 37.2 Å². The van der Waals surface area contributed by atoms with Gasteiger partial charge in [0.05, 0.1) is 22.1 Å². The maximum absolute atomic E-state index is 13.2. The second-order valence-electron chi connectivity index (χ2n) is 8.38. The van der Waals surface area contributed by atoms with Crippen molar-refractivity contribution >= 4 is 38.5 Å². The summed E-state index contributed by atoms with van der Waals surface area (Å²) in [6, 6.07) is 16.5. The average molecular weight is 457 g/mol. The summed E-state index contributed by atoms with van der Waals surface area (Å²) in [5.74, 6) is 0.717. The number of hydrogen-bond donors (Lipinski definition) is 0. The predicted octanol–water partition coefficient (Wildman–Crippen LogP) is 4.73. The Kier molecular flexibility index (Phi) is 4.95. The molecular weight excluding hydrogens is 432 g/mol. The van der Waals surface area contributed by atoms with Crippen molar-refractivity contribution in [3.05, 3.63) is 71.4 Å². The number of fused-ring (bicyclic) bond motifs is 2. The highest BCUT2D eigenvalue weighted by atomic mass is 32.1. The molecule has 0 saturated carbocycles. The summed E-state index contributed by atoms with van der Waals surface area (Å²) in [6.45, 7) is 4.19. The minimum atomic E-state index is 0.0120. The molecule has 7 nitrogen and oxygen atoms in total. The number of pyridine rings is 1. The summed E-state index contributed by atoms with van der Waals surface area (Å²) >= 11 is 1.75. The fourth-order valence-corrected chi connectivity index (χ4v) is 5.87. The lowest BCUT2D eigenvalue weighted by Gasteiger charge is -2.33. The standard InChI is InChI=1S/C25H24N6OS/c1-2-30-20-9-5-12-26-23(20)31(25(30)32)18-8-6-14-29(16-18)24-27-13-11-19(28-24)22-15-17-7-3-4-10-21(17)33-22/h3-5,7,9-13,15,18H,2,6,8,14,16H2,1H3/t18-/m0/s1. The number of rotatable bonds is 4. The van der Waals surface area contributed by atoms with E-state index < -0.39 is 0 Å². The van der Waals surface area contributed by atoms with Crippen LogP contribution >= 0.6 is 11.3 Å². The Hall–Kier alpha value is -3.52. The van der Waals surface area contributed by atoms with Gasteiger partial charge in [0.15, 0.2) is 5.65 Å². The summed E-state index contributed by atoms with van der Waals surface area (Å²) in [6.07, 6.45) is 5.50. The molecule has 1 aliphatic rings. The molecule has 1 fully saturated rings. The van der Waals surface area contributed by atoms with Crippen LogP contribution in [0.1, 0.15) is 25.8 Å². The molecular formula is C25H24N6OS. The quantitative estimate of drug-likeness (QED) is 0.391. The van der Waals surface area contributed by atoms with Crippen molar-refractivity contribution in [1.29, 1.82) is 0 Å². The lowest BCUT2D eigenvalue weighted by atomic mass is 10.1. The summed E-state index contributed by atoms with van der Waals surface area (Å²) in [7, 11) is 0. The van der Waals surface area contributed by atoms with Gasteiger partial charge in [-0.1, -0.05) is 18.2 Å². The van der Waals surface area contributed by atoms with Gasteiger partial charge in [-0.05, 0) is 55.5 Å². The highest BCUT2D eigenvalue weighted by Gasteiger charge is 2.27. The Balaban J connectivity index is 1.34. The maximum atomic E-state index is 13.2. The van der Waals surface area contributed by atoms with Crippen molar-refractivity contribution in [2.45, 2.75) is 32.4 Å². The summed E-state index contributed by atoms with van der Waals surface area (Å²) < 4.78 is 4.94. The largest absolute Gasteiger partial charge is 0.339 e. The molecule has 1 atom stereocenters. The van der Waals surface area contributed by atoms with E-state index in [0.717, 1.165) is 47.1 Å². The molecule has 0 spiro atoms. The molecule has 6 rings (SSSR count). The minimum Gasteiger partial charge on any atom is -0.339 e. The van der Waals surface area contributed by atoms with Crippen molar-refractivity contribution in [2.24, 2.45) is 0 Å². The van der Waals surface area contributed by atoms with Gasteiger partial charge in [-0.25, -0.2) is 19.7 Å². The summed E-state index contributed by atoms with van der Waals surface area (Å²) in [4.78, 5) is 30.6. The molecule has 0 aliphatic carbocycles. The summed E-state index contributed by atoms with van der Waals surface area (Å²) in [5, 5.41) is 1.23. The first-order valence-electron chi connectivity index (χ1n) is 11.4. The highest BCUT2D eigenvalue weighted by Crippen LogP contribution is 2.33. The van der Waals surface area contributed by atoms with Gasteiger partial charge in [0, 0.05) is 36.7 Å². The first-order valence-corrected chi connectivity index (χ1v) is 12.2. The number of aryl methyl sites for hydroxylation is 1. The Bertz CT molecular complexity index is 1480. The number of thiophene rings is 1. The van der Waals surface area contributed by atoms with Gasteiger partial charge in [0.1, 0.15) is 0 Å². The van der Waals surface area contributed by atoms with Crippen LogP contribution in [0.15, 0.2) is 65.7 Å². The van der Waals surface area contributed by atoms with Crippen LogP contribution < -0.4 is 10.6 Å². The van der Waals surface area contributed by atoms with Crippen LogP contribution in [0.5, 0.6) is 0 Å². The molecule has 1 aliphatic heterocycles. The maximum Gasteiger partial charge on any atom is 0.330 e. The van der Waals surface area contributed by atoms with Crippen LogP contribution in [-0.2, 0) is 6.54 Å². The first kappa shape index (κ1) is 20.1. The number of nitrogens with zero attached hydrogens (tertiary/aromatic N) is 6. The molecule has 0 unspecified atom stereocenters. The van der Waals surface area contributed by atoms with Gasteiger partial charge in [-0.15, -0.1) is 11.3 Å². The van der Waals surface area contributed by atoms with Gasteiger partial charge in [-0.3, -0.25) is 9.13 Å². The fraction of sp³-hybridized carbons (Fsp3) is 0.280. The van der Waals surface area contributed by atoms with E-state index >= 15 is 0 Å². The van der Waals surface area contributed by atoms with E-state index in [1.807, 2.05) is 35.9 Å². The van der Waals surface area contributed by atoms with Gasteiger partial charge in [0.2, 0.25) is 5.95 Å². The summed E-state index contributed by atoms with van der Waals surface area (Å²) in [5.41, 5.74) is 2.60. The molecule has 1 aromatic carbocycles. The number of aromatic nitrogens is 5. The number of benzene rings is 1. The van der Waals surface area contributed by atoms with Crippen LogP contribution in [0.25, 0.3) is 31.8 Å². The smallest absolute Gasteiger partial charge is 0.330 e. The van der Waals surface area contributed by atoms with Gasteiger partial charge < -0.3 is 4.90 Å². The first-order chi connectivity index (χ1) is 16.2. The Labute approximate surface area is 195 Å². The van der Waals surface area contributed by atoms with E-state index in [1.54, 1.807) is 22.1 Å². The van der Waals surface area contributed by atoms with Crippen LogP contribution in [0.4, 0.5) is 5.95 Å². The molecule has 5 aromatic rings. The molecule has 4 aromatic heterocycles. The molecule has 0 N–H and O–H groups in total. The zero-order chi connectivity index (χ0) is 22.4. The Morgan fingerprint density at radius 3 is 2.88 bits per heavy atom. The topological polar surface area (TPSA) is 68.8 Å².